The van der Waals surface area contributed by atoms with E-state index in [2.05, 4.69) is 4.74 Å². The van der Waals surface area contributed by atoms with E-state index in [4.69, 9.17) is 5.11 Å². The molecule has 66 valence electrons. The van der Waals surface area contributed by atoms with Crippen molar-refractivity contribution in [3.05, 3.63) is 0 Å². The Hall–Kier alpha value is -0.570. The molecule has 0 fully saturated rings. The number of esters is 1. The highest BCUT2D eigenvalue weighted by Crippen LogP contribution is 2.11. The second kappa shape index (κ2) is 5.13. The molecule has 0 spiro atoms. The first kappa shape index (κ1) is 10.4. The lowest BCUT2D eigenvalue weighted by Crippen LogP contribution is -2.21. The van der Waals surface area contributed by atoms with Gasteiger partial charge in [0.15, 0.2) is 0 Å². The number of aliphatic hydroxyl groups excluding tert-OH is 1. The molecule has 3 heteroatoms. The summed E-state index contributed by atoms with van der Waals surface area (Å²) in [6.07, 6.45) is 0.684. The summed E-state index contributed by atoms with van der Waals surface area (Å²) in [4.78, 5) is 10.9. The van der Waals surface area contributed by atoms with E-state index >= 15 is 0 Å². The maximum atomic E-state index is 10.9. The lowest BCUT2D eigenvalue weighted by molar-refractivity contribution is -0.147. The van der Waals surface area contributed by atoms with Crippen molar-refractivity contribution in [1.82, 2.24) is 0 Å². The Morgan fingerprint density at radius 1 is 1.55 bits per heavy atom. The molecular weight excluding hydrogens is 144 g/mol. The van der Waals surface area contributed by atoms with Crippen LogP contribution in [-0.2, 0) is 9.53 Å². The number of aliphatic hydroxyl groups is 1. The number of rotatable bonds is 4. The van der Waals surface area contributed by atoms with Gasteiger partial charge in [0, 0.05) is 0 Å². The van der Waals surface area contributed by atoms with E-state index in [9.17, 15) is 4.79 Å². The molecule has 11 heavy (non-hydrogen) atoms. The Morgan fingerprint density at radius 2 is 2.09 bits per heavy atom. The predicted molar refractivity (Wildman–Crippen MR) is 42.0 cm³/mol. The number of hydrogen-bond acceptors (Lipinski definition) is 3. The third-order valence-corrected chi connectivity index (χ3v) is 1.51. The molecule has 0 radical (unpaired) electrons. The lowest BCUT2D eigenvalue weighted by atomic mass is 9.98. The van der Waals surface area contributed by atoms with Crippen molar-refractivity contribution in [3.8, 4) is 0 Å². The van der Waals surface area contributed by atoms with Crippen molar-refractivity contribution >= 4 is 5.97 Å². The summed E-state index contributed by atoms with van der Waals surface area (Å²) >= 11 is 0. The van der Waals surface area contributed by atoms with Gasteiger partial charge in [-0.1, -0.05) is 13.8 Å². The normalized spacial score (nSPS) is 13.2. The van der Waals surface area contributed by atoms with Crippen LogP contribution in [0.2, 0.25) is 0 Å². The van der Waals surface area contributed by atoms with Crippen LogP contribution >= 0.6 is 0 Å². The molecule has 0 saturated carbocycles. The Morgan fingerprint density at radius 3 is 2.36 bits per heavy atom. The summed E-state index contributed by atoms with van der Waals surface area (Å²) in [5.41, 5.74) is 0. The Balaban J connectivity index is 3.84. The van der Waals surface area contributed by atoms with E-state index in [0.717, 1.165) is 0 Å². The summed E-state index contributed by atoms with van der Waals surface area (Å²) in [6.45, 7) is 3.89. The molecule has 1 atom stereocenters. The van der Waals surface area contributed by atoms with Crippen LogP contribution in [0.4, 0.5) is 0 Å². The van der Waals surface area contributed by atoms with E-state index in [1.54, 1.807) is 0 Å². The minimum absolute atomic E-state index is 0.120. The zero-order chi connectivity index (χ0) is 8.85. The van der Waals surface area contributed by atoms with Gasteiger partial charge in [-0.15, -0.1) is 0 Å². The maximum Gasteiger partial charge on any atom is 0.311 e. The average Bonchev–Trinajstić information content (AvgIpc) is 1.98. The molecule has 0 aromatic heterocycles. The highest BCUT2D eigenvalue weighted by atomic mass is 16.5. The second-order valence-corrected chi connectivity index (χ2v) is 3.03. The fraction of sp³-hybridized carbons (Fsp3) is 0.875. The van der Waals surface area contributed by atoms with Crippen LogP contribution < -0.4 is 0 Å². The van der Waals surface area contributed by atoms with Crippen LogP contribution in [0.3, 0.4) is 0 Å². The van der Waals surface area contributed by atoms with Gasteiger partial charge in [0.2, 0.25) is 0 Å². The quantitative estimate of drug-likeness (QED) is 0.619. The van der Waals surface area contributed by atoms with Crippen LogP contribution in [0.5, 0.6) is 0 Å². The minimum Gasteiger partial charge on any atom is -0.469 e. The first-order valence-electron chi connectivity index (χ1n) is 3.80. The summed E-state index contributed by atoms with van der Waals surface area (Å²) < 4.78 is 4.51. The molecule has 0 aromatic rings. The van der Waals surface area contributed by atoms with E-state index in [1.165, 1.54) is 7.11 Å². The highest BCUT2D eigenvalue weighted by Gasteiger charge is 2.18. The summed E-state index contributed by atoms with van der Waals surface area (Å²) in [6, 6.07) is 0. The number of ether oxygens (including phenoxy) is 1. The number of carbonyl (C=O) groups is 1. The number of hydrogen-bond donors (Lipinski definition) is 1. The molecular formula is C8H16O3. The maximum absolute atomic E-state index is 10.9. The van der Waals surface area contributed by atoms with E-state index in [0.29, 0.717) is 12.3 Å². The zero-order valence-corrected chi connectivity index (χ0v) is 7.33. The number of methoxy groups -OCH3 is 1. The third kappa shape index (κ3) is 3.98. The van der Waals surface area contributed by atoms with E-state index in [1.807, 2.05) is 13.8 Å². The Labute approximate surface area is 67.4 Å². The molecule has 0 aliphatic carbocycles. The van der Waals surface area contributed by atoms with Crippen molar-refractivity contribution in [2.24, 2.45) is 11.8 Å². The molecule has 0 aliphatic heterocycles. The van der Waals surface area contributed by atoms with Gasteiger partial charge in [-0.25, -0.2) is 0 Å². The van der Waals surface area contributed by atoms with Gasteiger partial charge in [-0.05, 0) is 12.3 Å². The fourth-order valence-corrected chi connectivity index (χ4v) is 0.981. The van der Waals surface area contributed by atoms with Crippen molar-refractivity contribution in [3.63, 3.8) is 0 Å². The molecule has 0 aromatic carbocycles. The molecule has 0 amide bonds. The van der Waals surface area contributed by atoms with Gasteiger partial charge in [-0.3, -0.25) is 4.79 Å². The zero-order valence-electron chi connectivity index (χ0n) is 7.33. The first-order valence-corrected chi connectivity index (χ1v) is 3.80. The van der Waals surface area contributed by atoms with Gasteiger partial charge in [0.1, 0.15) is 0 Å². The minimum atomic E-state index is -0.347. The van der Waals surface area contributed by atoms with Crippen LogP contribution in [0.15, 0.2) is 0 Å². The molecule has 0 heterocycles. The van der Waals surface area contributed by atoms with Crippen molar-refractivity contribution in [2.75, 3.05) is 13.7 Å². The average molecular weight is 160 g/mol. The topological polar surface area (TPSA) is 46.5 Å². The predicted octanol–water partition coefficient (Wildman–Crippen LogP) is 0.814. The van der Waals surface area contributed by atoms with Crippen LogP contribution in [0, 0.1) is 11.8 Å². The van der Waals surface area contributed by atoms with Gasteiger partial charge in [0.05, 0.1) is 19.6 Å². The Kier molecular flexibility index (Phi) is 4.86. The van der Waals surface area contributed by atoms with Crippen molar-refractivity contribution in [2.45, 2.75) is 20.3 Å². The standard InChI is InChI=1S/C8H16O3/c1-6(2)4-7(5-9)8(10)11-3/h6-7,9H,4-5H2,1-3H3/t7-/m1/s1. The van der Waals surface area contributed by atoms with Gasteiger partial charge < -0.3 is 9.84 Å². The summed E-state index contributed by atoms with van der Waals surface area (Å²) in [7, 11) is 1.34. The molecule has 3 nitrogen and oxygen atoms in total. The summed E-state index contributed by atoms with van der Waals surface area (Å²) in [5.74, 6) is -0.257. The third-order valence-electron chi connectivity index (χ3n) is 1.51. The molecule has 0 bridgehead atoms. The van der Waals surface area contributed by atoms with Crippen molar-refractivity contribution < 1.29 is 14.6 Å². The monoisotopic (exact) mass is 160 g/mol. The lowest BCUT2D eigenvalue weighted by Gasteiger charge is -2.13. The van der Waals surface area contributed by atoms with Gasteiger partial charge in [0.25, 0.3) is 0 Å². The smallest absolute Gasteiger partial charge is 0.311 e. The molecule has 1 N–H and O–H groups in total. The summed E-state index contributed by atoms with van der Waals surface area (Å²) in [5, 5.41) is 8.78. The fourth-order valence-electron chi connectivity index (χ4n) is 0.981. The highest BCUT2D eigenvalue weighted by molar-refractivity contribution is 5.72. The van der Waals surface area contributed by atoms with Crippen molar-refractivity contribution in [1.29, 1.82) is 0 Å². The molecule has 0 aliphatic rings. The van der Waals surface area contributed by atoms with Crippen LogP contribution in [-0.4, -0.2) is 24.8 Å². The van der Waals surface area contributed by atoms with Gasteiger partial charge >= 0.3 is 5.97 Å². The second-order valence-electron chi connectivity index (χ2n) is 3.03. The van der Waals surface area contributed by atoms with Crippen LogP contribution in [0.1, 0.15) is 20.3 Å². The molecule has 0 saturated heterocycles. The van der Waals surface area contributed by atoms with E-state index in [-0.39, 0.29) is 18.5 Å². The van der Waals surface area contributed by atoms with Crippen LogP contribution in [0.25, 0.3) is 0 Å². The van der Waals surface area contributed by atoms with E-state index < -0.39 is 0 Å². The SMILES string of the molecule is COC(=O)[C@@H](CO)CC(C)C. The van der Waals surface area contributed by atoms with Gasteiger partial charge in [-0.2, -0.15) is 0 Å². The number of carbonyl (C=O) groups excluding carboxylic acids is 1. The molecule has 0 unspecified atom stereocenters. The first-order chi connectivity index (χ1) is 5.11. The molecule has 0 rings (SSSR count). The largest absolute Gasteiger partial charge is 0.469 e. The Bertz CT molecular complexity index is 121.